The first-order valence-corrected chi connectivity index (χ1v) is 8.91. The van der Waals surface area contributed by atoms with Gasteiger partial charge in [-0.3, -0.25) is 4.79 Å². The average molecular weight is 377 g/mol. The van der Waals surface area contributed by atoms with Gasteiger partial charge in [-0.25, -0.2) is 4.39 Å². The SMILES string of the molecule is CN(C(=O)Cc1ccc(F)cc1)[C@H](CN1CCCC1)c1ccccc1.Cl. The van der Waals surface area contributed by atoms with Gasteiger partial charge in [-0.05, 0) is 49.2 Å². The lowest BCUT2D eigenvalue weighted by molar-refractivity contribution is -0.131. The van der Waals surface area contributed by atoms with Crippen LogP contribution in [0.3, 0.4) is 0 Å². The molecule has 0 saturated carbocycles. The van der Waals surface area contributed by atoms with Crippen LogP contribution in [-0.2, 0) is 11.2 Å². The first kappa shape index (κ1) is 20.4. The molecule has 26 heavy (non-hydrogen) atoms. The van der Waals surface area contributed by atoms with Crippen LogP contribution in [0, 0.1) is 5.82 Å². The van der Waals surface area contributed by atoms with E-state index in [1.165, 1.54) is 25.0 Å². The minimum atomic E-state index is -0.277. The molecule has 1 aliphatic heterocycles. The first-order valence-electron chi connectivity index (χ1n) is 8.91. The summed E-state index contributed by atoms with van der Waals surface area (Å²) in [5.74, 6) is -0.222. The van der Waals surface area contributed by atoms with Gasteiger partial charge in [0, 0.05) is 13.6 Å². The highest BCUT2D eigenvalue weighted by Gasteiger charge is 2.25. The monoisotopic (exact) mass is 376 g/mol. The van der Waals surface area contributed by atoms with Crippen molar-refractivity contribution in [3.63, 3.8) is 0 Å². The molecule has 1 atom stereocenters. The Balaban J connectivity index is 0.00000243. The predicted molar refractivity (Wildman–Crippen MR) is 105 cm³/mol. The molecule has 1 heterocycles. The molecule has 3 nitrogen and oxygen atoms in total. The summed E-state index contributed by atoms with van der Waals surface area (Å²) in [5, 5.41) is 0. The van der Waals surface area contributed by atoms with Crippen LogP contribution in [0.15, 0.2) is 54.6 Å². The molecule has 3 rings (SSSR count). The number of rotatable bonds is 6. The number of likely N-dealkylation sites (N-methyl/N-ethyl adjacent to an activating group) is 1. The van der Waals surface area contributed by atoms with E-state index in [0.29, 0.717) is 6.42 Å². The zero-order valence-corrected chi connectivity index (χ0v) is 15.9. The maximum absolute atomic E-state index is 13.1. The number of carbonyl (C=O) groups is 1. The summed E-state index contributed by atoms with van der Waals surface area (Å²) < 4.78 is 13.1. The van der Waals surface area contributed by atoms with Gasteiger partial charge in [-0.1, -0.05) is 42.5 Å². The highest BCUT2D eigenvalue weighted by Crippen LogP contribution is 2.23. The van der Waals surface area contributed by atoms with Gasteiger partial charge in [-0.2, -0.15) is 0 Å². The summed E-state index contributed by atoms with van der Waals surface area (Å²) in [7, 11) is 1.87. The third-order valence-corrected chi connectivity index (χ3v) is 4.94. The van der Waals surface area contributed by atoms with E-state index < -0.39 is 0 Å². The highest BCUT2D eigenvalue weighted by atomic mass is 35.5. The second kappa shape index (κ2) is 9.70. The zero-order valence-electron chi connectivity index (χ0n) is 15.1. The first-order chi connectivity index (χ1) is 12.1. The van der Waals surface area contributed by atoms with Crippen molar-refractivity contribution >= 4 is 18.3 Å². The quantitative estimate of drug-likeness (QED) is 0.758. The Kier molecular flexibility index (Phi) is 7.61. The summed E-state index contributed by atoms with van der Waals surface area (Å²) in [6.07, 6.45) is 2.75. The van der Waals surface area contributed by atoms with Gasteiger partial charge < -0.3 is 9.80 Å². The van der Waals surface area contributed by atoms with E-state index in [-0.39, 0.29) is 30.2 Å². The number of amides is 1. The fraction of sp³-hybridized carbons (Fsp3) is 0.381. The molecule has 2 aromatic carbocycles. The number of halogens is 2. The number of hydrogen-bond donors (Lipinski definition) is 0. The molecular weight excluding hydrogens is 351 g/mol. The Morgan fingerprint density at radius 3 is 2.31 bits per heavy atom. The molecular formula is C21H26ClFN2O. The van der Waals surface area contributed by atoms with Crippen LogP contribution in [0.4, 0.5) is 4.39 Å². The molecule has 1 amide bonds. The van der Waals surface area contributed by atoms with Crippen LogP contribution in [0.5, 0.6) is 0 Å². The van der Waals surface area contributed by atoms with Crippen molar-refractivity contribution in [1.29, 1.82) is 0 Å². The Morgan fingerprint density at radius 1 is 1.08 bits per heavy atom. The minimum Gasteiger partial charge on any atom is -0.337 e. The van der Waals surface area contributed by atoms with E-state index in [1.807, 2.05) is 30.1 Å². The Hall–Kier alpha value is -1.91. The van der Waals surface area contributed by atoms with E-state index in [2.05, 4.69) is 17.0 Å². The van der Waals surface area contributed by atoms with Crippen LogP contribution in [0.25, 0.3) is 0 Å². The Bertz CT molecular complexity index is 687. The molecule has 0 spiro atoms. The number of benzene rings is 2. The number of likely N-dealkylation sites (tertiary alicyclic amines) is 1. The van der Waals surface area contributed by atoms with Crippen LogP contribution < -0.4 is 0 Å². The third-order valence-electron chi connectivity index (χ3n) is 4.94. The summed E-state index contributed by atoms with van der Waals surface area (Å²) in [6, 6.07) is 16.4. The average Bonchev–Trinajstić information content (AvgIpc) is 3.15. The van der Waals surface area contributed by atoms with Crippen molar-refractivity contribution < 1.29 is 9.18 Å². The van der Waals surface area contributed by atoms with Crippen molar-refractivity contribution in [2.45, 2.75) is 25.3 Å². The highest BCUT2D eigenvalue weighted by molar-refractivity contribution is 5.85. The summed E-state index contributed by atoms with van der Waals surface area (Å²) >= 11 is 0. The normalized spacial score (nSPS) is 15.3. The van der Waals surface area contributed by atoms with Crippen molar-refractivity contribution in [2.75, 3.05) is 26.7 Å². The fourth-order valence-corrected chi connectivity index (χ4v) is 3.41. The summed E-state index contributed by atoms with van der Waals surface area (Å²) in [5.41, 5.74) is 2.00. The van der Waals surface area contributed by atoms with Crippen LogP contribution in [0.2, 0.25) is 0 Å². The largest absolute Gasteiger partial charge is 0.337 e. The van der Waals surface area contributed by atoms with Gasteiger partial charge >= 0.3 is 0 Å². The molecule has 1 fully saturated rings. The van der Waals surface area contributed by atoms with E-state index in [1.54, 1.807) is 12.1 Å². The second-order valence-corrected chi connectivity index (χ2v) is 6.74. The minimum absolute atomic E-state index is 0. The maximum atomic E-state index is 13.1. The molecule has 1 saturated heterocycles. The molecule has 0 aliphatic carbocycles. The lowest BCUT2D eigenvalue weighted by atomic mass is 10.0. The summed E-state index contributed by atoms with van der Waals surface area (Å²) in [4.78, 5) is 17.1. The molecule has 0 aromatic heterocycles. The van der Waals surface area contributed by atoms with E-state index >= 15 is 0 Å². The van der Waals surface area contributed by atoms with Gasteiger partial charge in [-0.15, -0.1) is 12.4 Å². The second-order valence-electron chi connectivity index (χ2n) is 6.74. The lowest BCUT2D eigenvalue weighted by Gasteiger charge is -2.32. The fourth-order valence-electron chi connectivity index (χ4n) is 3.41. The molecule has 0 radical (unpaired) electrons. The topological polar surface area (TPSA) is 23.6 Å². The number of hydrogen-bond acceptors (Lipinski definition) is 2. The van der Waals surface area contributed by atoms with Crippen molar-refractivity contribution in [3.05, 3.63) is 71.5 Å². The lowest BCUT2D eigenvalue weighted by Crippen LogP contribution is -2.39. The van der Waals surface area contributed by atoms with Gasteiger partial charge in [0.05, 0.1) is 12.5 Å². The van der Waals surface area contributed by atoms with Gasteiger partial charge in [0.25, 0.3) is 0 Å². The van der Waals surface area contributed by atoms with Gasteiger partial charge in [0.2, 0.25) is 5.91 Å². The molecule has 140 valence electrons. The summed E-state index contributed by atoms with van der Waals surface area (Å²) in [6.45, 7) is 3.06. The standard InChI is InChI=1S/C21H25FN2O.ClH/c1-23(21(25)15-17-9-11-19(22)12-10-17)20(16-24-13-5-6-14-24)18-7-3-2-4-8-18;/h2-4,7-12,20H,5-6,13-16H2,1H3;1H/t20-;/m1./s1. The van der Waals surface area contributed by atoms with Crippen LogP contribution >= 0.6 is 12.4 Å². The molecule has 0 unspecified atom stereocenters. The molecule has 0 N–H and O–H groups in total. The molecule has 2 aromatic rings. The Labute approximate surface area is 161 Å². The smallest absolute Gasteiger partial charge is 0.227 e. The van der Waals surface area contributed by atoms with Gasteiger partial charge in [0.1, 0.15) is 5.82 Å². The zero-order chi connectivity index (χ0) is 17.6. The third kappa shape index (κ3) is 5.29. The van der Waals surface area contributed by atoms with E-state index in [0.717, 1.165) is 30.8 Å². The van der Waals surface area contributed by atoms with Crippen molar-refractivity contribution in [2.24, 2.45) is 0 Å². The van der Waals surface area contributed by atoms with Crippen LogP contribution in [0.1, 0.15) is 30.0 Å². The maximum Gasteiger partial charge on any atom is 0.227 e. The van der Waals surface area contributed by atoms with Crippen molar-refractivity contribution in [3.8, 4) is 0 Å². The number of nitrogens with zero attached hydrogens (tertiary/aromatic N) is 2. The Morgan fingerprint density at radius 2 is 1.69 bits per heavy atom. The molecule has 0 bridgehead atoms. The van der Waals surface area contributed by atoms with E-state index in [9.17, 15) is 9.18 Å². The number of carbonyl (C=O) groups excluding carboxylic acids is 1. The molecule has 1 aliphatic rings. The van der Waals surface area contributed by atoms with Gasteiger partial charge in [0.15, 0.2) is 0 Å². The van der Waals surface area contributed by atoms with E-state index in [4.69, 9.17) is 0 Å². The predicted octanol–water partition coefficient (Wildman–Crippen LogP) is 4.09. The van der Waals surface area contributed by atoms with Crippen molar-refractivity contribution in [1.82, 2.24) is 9.80 Å². The van der Waals surface area contributed by atoms with Crippen LogP contribution in [-0.4, -0.2) is 42.4 Å². The molecule has 5 heteroatoms.